The zero-order valence-corrected chi connectivity index (χ0v) is 8.72. The minimum atomic E-state index is 0.824. The Kier molecular flexibility index (Phi) is 2.25. The summed E-state index contributed by atoms with van der Waals surface area (Å²) in [5.41, 5.74) is 5.44. The Morgan fingerprint density at radius 3 is 2.36 bits per heavy atom. The van der Waals surface area contributed by atoms with Crippen molar-refractivity contribution in [2.45, 2.75) is 39.5 Å². The van der Waals surface area contributed by atoms with E-state index in [0.29, 0.717) is 0 Å². The van der Waals surface area contributed by atoms with E-state index in [0.717, 1.165) is 29.8 Å². The second kappa shape index (κ2) is 3.42. The second-order valence-corrected chi connectivity index (χ2v) is 3.93. The minimum Gasteiger partial charge on any atom is -0.257 e. The molecule has 1 aliphatic carbocycles. The lowest BCUT2D eigenvalue weighted by Gasteiger charge is -2.19. The number of fused-ring (bicyclic) bond motifs is 1. The third-order valence-corrected chi connectivity index (χ3v) is 3.02. The number of hydrogen-bond donors (Lipinski definition) is 0. The summed E-state index contributed by atoms with van der Waals surface area (Å²) in [5.74, 6) is 0. The van der Waals surface area contributed by atoms with Gasteiger partial charge in [-0.1, -0.05) is 0 Å². The van der Waals surface area contributed by atoms with E-state index in [-0.39, 0.29) is 0 Å². The third-order valence-electron chi connectivity index (χ3n) is 3.02. The zero-order valence-electron chi connectivity index (χ0n) is 8.72. The molecule has 1 aliphatic rings. The van der Waals surface area contributed by atoms with Gasteiger partial charge in [0.15, 0.2) is 0 Å². The Labute approximate surface area is 84.6 Å². The molecular formula is C12H14N2. The summed E-state index contributed by atoms with van der Waals surface area (Å²) in [6.45, 7) is 3.98. The van der Waals surface area contributed by atoms with Crippen molar-refractivity contribution in [3.63, 3.8) is 0 Å². The van der Waals surface area contributed by atoms with Crippen LogP contribution in [-0.4, -0.2) is 4.98 Å². The zero-order chi connectivity index (χ0) is 10.1. The number of nitriles is 1. The molecule has 0 saturated carbocycles. The fraction of sp³-hybridized carbons (Fsp3) is 0.500. The molecule has 1 aromatic heterocycles. The Hall–Kier alpha value is -1.36. The standard InChI is InChI=1S/C12H14N2/c1-8-10-5-3-4-6-11(10)12(7-13)9(2)14-8/h3-6H2,1-2H3. The van der Waals surface area contributed by atoms with Crippen LogP contribution in [0, 0.1) is 25.2 Å². The Morgan fingerprint density at radius 1 is 1.07 bits per heavy atom. The first kappa shape index (κ1) is 9.21. The highest BCUT2D eigenvalue weighted by Gasteiger charge is 2.18. The van der Waals surface area contributed by atoms with Gasteiger partial charge in [0, 0.05) is 5.69 Å². The molecule has 0 unspecified atom stereocenters. The van der Waals surface area contributed by atoms with Crippen molar-refractivity contribution in [1.29, 1.82) is 5.26 Å². The molecule has 0 aromatic carbocycles. The Morgan fingerprint density at radius 2 is 1.71 bits per heavy atom. The first-order chi connectivity index (χ1) is 6.74. The summed E-state index contributed by atoms with van der Waals surface area (Å²) < 4.78 is 0. The number of aromatic nitrogens is 1. The number of pyridine rings is 1. The molecule has 0 spiro atoms. The maximum atomic E-state index is 9.08. The van der Waals surface area contributed by atoms with Crippen LogP contribution in [0.4, 0.5) is 0 Å². The summed E-state index contributed by atoms with van der Waals surface area (Å²) in [4.78, 5) is 4.44. The lowest BCUT2D eigenvalue weighted by atomic mass is 9.87. The fourth-order valence-corrected chi connectivity index (χ4v) is 2.32. The molecule has 2 rings (SSSR count). The smallest absolute Gasteiger partial charge is 0.101 e. The summed E-state index contributed by atoms with van der Waals surface area (Å²) in [7, 11) is 0. The van der Waals surface area contributed by atoms with Gasteiger partial charge in [-0.25, -0.2) is 0 Å². The van der Waals surface area contributed by atoms with Crippen LogP contribution in [0.1, 0.15) is 40.9 Å². The van der Waals surface area contributed by atoms with Gasteiger partial charge in [-0.05, 0) is 50.7 Å². The summed E-state index contributed by atoms with van der Waals surface area (Å²) in [5, 5.41) is 9.08. The lowest BCUT2D eigenvalue weighted by Crippen LogP contribution is -2.10. The second-order valence-electron chi connectivity index (χ2n) is 3.93. The van der Waals surface area contributed by atoms with Crippen LogP contribution in [0.5, 0.6) is 0 Å². The largest absolute Gasteiger partial charge is 0.257 e. The topological polar surface area (TPSA) is 36.7 Å². The van der Waals surface area contributed by atoms with E-state index >= 15 is 0 Å². The highest BCUT2D eigenvalue weighted by molar-refractivity contribution is 5.48. The van der Waals surface area contributed by atoms with Gasteiger partial charge in [-0.3, -0.25) is 4.98 Å². The van der Waals surface area contributed by atoms with E-state index in [2.05, 4.69) is 18.0 Å². The van der Waals surface area contributed by atoms with Gasteiger partial charge in [0.2, 0.25) is 0 Å². The van der Waals surface area contributed by atoms with Crippen molar-refractivity contribution in [1.82, 2.24) is 4.98 Å². The van der Waals surface area contributed by atoms with Gasteiger partial charge in [0.25, 0.3) is 0 Å². The molecule has 2 nitrogen and oxygen atoms in total. The molecule has 0 atom stereocenters. The molecule has 14 heavy (non-hydrogen) atoms. The first-order valence-corrected chi connectivity index (χ1v) is 5.13. The van der Waals surface area contributed by atoms with Crippen molar-refractivity contribution >= 4 is 0 Å². The van der Waals surface area contributed by atoms with E-state index in [1.165, 1.54) is 24.0 Å². The molecule has 2 heteroatoms. The highest BCUT2D eigenvalue weighted by atomic mass is 14.7. The number of aryl methyl sites for hydroxylation is 2. The number of hydrogen-bond acceptors (Lipinski definition) is 2. The van der Waals surface area contributed by atoms with Crippen molar-refractivity contribution in [3.05, 3.63) is 28.1 Å². The quantitative estimate of drug-likeness (QED) is 0.624. The molecule has 0 N–H and O–H groups in total. The van der Waals surface area contributed by atoms with Crippen molar-refractivity contribution in [2.24, 2.45) is 0 Å². The fourth-order valence-electron chi connectivity index (χ4n) is 2.32. The van der Waals surface area contributed by atoms with Gasteiger partial charge in [-0.15, -0.1) is 0 Å². The SMILES string of the molecule is Cc1nc(C)c2c(c1C#N)CCCC2. The molecule has 1 aromatic rings. The summed E-state index contributed by atoms with van der Waals surface area (Å²) >= 11 is 0. The average molecular weight is 186 g/mol. The third kappa shape index (κ3) is 1.29. The molecular weight excluding hydrogens is 172 g/mol. The predicted molar refractivity (Wildman–Crippen MR) is 55.1 cm³/mol. The normalized spacial score (nSPS) is 14.6. The van der Waals surface area contributed by atoms with E-state index < -0.39 is 0 Å². The average Bonchev–Trinajstić information content (AvgIpc) is 2.18. The van der Waals surface area contributed by atoms with Crippen LogP contribution >= 0.6 is 0 Å². The van der Waals surface area contributed by atoms with E-state index in [1.54, 1.807) is 0 Å². The van der Waals surface area contributed by atoms with Gasteiger partial charge >= 0.3 is 0 Å². The molecule has 0 bridgehead atoms. The van der Waals surface area contributed by atoms with Gasteiger partial charge in [-0.2, -0.15) is 5.26 Å². The Balaban J connectivity index is 2.69. The maximum Gasteiger partial charge on any atom is 0.101 e. The van der Waals surface area contributed by atoms with E-state index in [9.17, 15) is 0 Å². The van der Waals surface area contributed by atoms with Crippen LogP contribution < -0.4 is 0 Å². The van der Waals surface area contributed by atoms with Gasteiger partial charge in [0.05, 0.1) is 11.3 Å². The molecule has 0 fully saturated rings. The predicted octanol–water partition coefficient (Wildman–Crippen LogP) is 2.45. The van der Waals surface area contributed by atoms with Crippen LogP contribution in [0.15, 0.2) is 0 Å². The summed E-state index contributed by atoms with van der Waals surface area (Å²) in [6.07, 6.45) is 4.61. The molecule has 0 aliphatic heterocycles. The number of rotatable bonds is 0. The van der Waals surface area contributed by atoms with Crippen LogP contribution in [-0.2, 0) is 12.8 Å². The highest BCUT2D eigenvalue weighted by Crippen LogP contribution is 2.27. The number of nitrogens with zero attached hydrogens (tertiary/aromatic N) is 2. The van der Waals surface area contributed by atoms with Crippen LogP contribution in [0.2, 0.25) is 0 Å². The molecule has 0 radical (unpaired) electrons. The van der Waals surface area contributed by atoms with Crippen LogP contribution in [0.3, 0.4) is 0 Å². The van der Waals surface area contributed by atoms with Gasteiger partial charge < -0.3 is 0 Å². The maximum absolute atomic E-state index is 9.08. The van der Waals surface area contributed by atoms with Crippen LogP contribution in [0.25, 0.3) is 0 Å². The first-order valence-electron chi connectivity index (χ1n) is 5.13. The monoisotopic (exact) mass is 186 g/mol. The van der Waals surface area contributed by atoms with Crippen molar-refractivity contribution < 1.29 is 0 Å². The van der Waals surface area contributed by atoms with Crippen molar-refractivity contribution in [3.8, 4) is 6.07 Å². The van der Waals surface area contributed by atoms with E-state index in [1.807, 2.05) is 6.92 Å². The molecule has 72 valence electrons. The molecule has 0 amide bonds. The lowest BCUT2D eigenvalue weighted by molar-refractivity contribution is 0.673. The molecule has 0 saturated heterocycles. The van der Waals surface area contributed by atoms with Gasteiger partial charge in [0.1, 0.15) is 6.07 Å². The Bertz CT molecular complexity index is 413. The minimum absolute atomic E-state index is 0.824. The molecule has 1 heterocycles. The summed E-state index contributed by atoms with van der Waals surface area (Å²) in [6, 6.07) is 2.29. The van der Waals surface area contributed by atoms with E-state index in [4.69, 9.17) is 5.26 Å². The van der Waals surface area contributed by atoms with Crippen molar-refractivity contribution in [2.75, 3.05) is 0 Å².